The van der Waals surface area contributed by atoms with Gasteiger partial charge in [0.15, 0.2) is 5.06 Å². The number of hydrogen-bond acceptors (Lipinski definition) is 5. The summed E-state index contributed by atoms with van der Waals surface area (Å²) in [7, 11) is 0. The Morgan fingerprint density at radius 3 is 2.96 bits per heavy atom. The minimum absolute atomic E-state index is 0.0292. The summed E-state index contributed by atoms with van der Waals surface area (Å²) in [4.78, 5) is 17.0. The summed E-state index contributed by atoms with van der Waals surface area (Å²) >= 11 is 7.07. The molecule has 2 fully saturated rings. The fourth-order valence-electron chi connectivity index (χ4n) is 3.26. The zero-order valence-electron chi connectivity index (χ0n) is 12.3. The molecule has 120 valence electrons. The molecule has 4 rings (SSSR count). The van der Waals surface area contributed by atoms with Crippen LogP contribution in [-0.2, 0) is 0 Å². The smallest absolute Gasteiger partial charge is 0.261 e. The van der Waals surface area contributed by atoms with Crippen molar-refractivity contribution in [1.82, 2.24) is 15.6 Å². The quantitative estimate of drug-likeness (QED) is 0.832. The highest BCUT2D eigenvalue weighted by atomic mass is 35.5. The topological polar surface area (TPSA) is 63.2 Å². The van der Waals surface area contributed by atoms with Gasteiger partial charge in [-0.2, -0.15) is 0 Å². The van der Waals surface area contributed by atoms with Crippen molar-refractivity contribution in [3.05, 3.63) is 40.5 Å². The highest BCUT2D eigenvalue weighted by Gasteiger charge is 2.39. The summed E-state index contributed by atoms with van der Waals surface area (Å²) in [5.41, 5.74) is 0. The van der Waals surface area contributed by atoms with Crippen molar-refractivity contribution >= 4 is 28.8 Å². The number of nitrogens with one attached hydrogen (secondary N) is 2. The molecule has 2 bridgehead atoms. The van der Waals surface area contributed by atoms with E-state index in [1.54, 1.807) is 30.5 Å². The first-order valence-electron chi connectivity index (χ1n) is 7.63. The average molecular weight is 350 g/mol. The number of pyridine rings is 1. The highest BCUT2D eigenvalue weighted by molar-refractivity contribution is 7.15. The number of nitrogens with zero attached hydrogens (tertiary/aromatic N) is 1. The largest absolute Gasteiger partial charge is 0.445 e. The maximum Gasteiger partial charge on any atom is 0.261 e. The molecule has 5 nitrogen and oxygen atoms in total. The Labute approximate surface area is 143 Å². The minimum atomic E-state index is -0.0292. The van der Waals surface area contributed by atoms with E-state index in [2.05, 4.69) is 15.6 Å². The zero-order valence-corrected chi connectivity index (χ0v) is 13.9. The standard InChI is InChI=1S/C16H16ClN3O2S/c17-14-5-2-10(8-18-14)22-15-6-4-13(23-15)16(21)20-12-7-9-1-3-11(12)19-9/h2,4-6,8-9,11-12,19H,1,3,7H2,(H,20,21)/t9-,11+,12-/m1/s1. The van der Waals surface area contributed by atoms with Crippen molar-refractivity contribution in [2.75, 3.05) is 0 Å². The Hall–Kier alpha value is -1.63. The van der Waals surface area contributed by atoms with E-state index >= 15 is 0 Å². The van der Waals surface area contributed by atoms with Crippen molar-refractivity contribution in [3.63, 3.8) is 0 Å². The van der Waals surface area contributed by atoms with Crippen LogP contribution in [0.1, 0.15) is 28.9 Å². The van der Waals surface area contributed by atoms with Crippen molar-refractivity contribution < 1.29 is 9.53 Å². The fourth-order valence-corrected chi connectivity index (χ4v) is 4.15. The maximum absolute atomic E-state index is 12.4. The first kappa shape index (κ1) is 14.9. The van der Waals surface area contributed by atoms with Crippen LogP contribution in [0.2, 0.25) is 5.15 Å². The molecule has 2 saturated heterocycles. The van der Waals surface area contributed by atoms with Crippen molar-refractivity contribution in [1.29, 1.82) is 0 Å². The second kappa shape index (κ2) is 6.11. The summed E-state index contributed by atoms with van der Waals surface area (Å²) in [5, 5.41) is 7.74. The van der Waals surface area contributed by atoms with E-state index in [4.69, 9.17) is 16.3 Å². The fraction of sp³-hybridized carbons (Fsp3) is 0.375. The molecule has 0 aromatic carbocycles. The van der Waals surface area contributed by atoms with Gasteiger partial charge in [-0.05, 0) is 43.5 Å². The van der Waals surface area contributed by atoms with Crippen LogP contribution in [0.3, 0.4) is 0 Å². The predicted octanol–water partition coefficient (Wildman–Crippen LogP) is 3.21. The first-order valence-corrected chi connectivity index (χ1v) is 8.83. The second-order valence-corrected chi connectivity index (χ2v) is 7.33. The molecule has 0 unspecified atom stereocenters. The highest BCUT2D eigenvalue weighted by Crippen LogP contribution is 2.31. The van der Waals surface area contributed by atoms with Crippen molar-refractivity contribution in [2.24, 2.45) is 0 Å². The third-order valence-corrected chi connectivity index (χ3v) is 5.53. The van der Waals surface area contributed by atoms with Gasteiger partial charge in [0.25, 0.3) is 5.91 Å². The number of amides is 1. The Morgan fingerprint density at radius 1 is 1.35 bits per heavy atom. The van der Waals surface area contributed by atoms with Gasteiger partial charge in [-0.3, -0.25) is 4.79 Å². The van der Waals surface area contributed by atoms with Crippen molar-refractivity contribution in [3.8, 4) is 10.8 Å². The molecule has 2 aromatic heterocycles. The van der Waals surface area contributed by atoms with Gasteiger partial charge in [0.1, 0.15) is 10.9 Å². The maximum atomic E-state index is 12.4. The third-order valence-electron chi connectivity index (χ3n) is 4.34. The van der Waals surface area contributed by atoms with E-state index in [1.165, 1.54) is 17.8 Å². The Balaban J connectivity index is 1.39. The molecule has 0 radical (unpaired) electrons. The molecule has 2 aliphatic rings. The summed E-state index contributed by atoms with van der Waals surface area (Å²) < 4.78 is 5.69. The molecule has 0 aliphatic carbocycles. The molecule has 0 saturated carbocycles. The molecule has 1 amide bonds. The van der Waals surface area contributed by atoms with Gasteiger partial charge < -0.3 is 15.4 Å². The van der Waals surface area contributed by atoms with Crippen LogP contribution in [0.15, 0.2) is 30.5 Å². The van der Waals surface area contributed by atoms with Gasteiger partial charge in [-0.25, -0.2) is 4.98 Å². The summed E-state index contributed by atoms with van der Waals surface area (Å²) in [6, 6.07) is 8.25. The first-order chi connectivity index (χ1) is 11.2. The molecule has 0 spiro atoms. The molecule has 7 heteroatoms. The molecule has 2 N–H and O–H groups in total. The van der Waals surface area contributed by atoms with Gasteiger partial charge in [0.2, 0.25) is 0 Å². The lowest BCUT2D eigenvalue weighted by molar-refractivity contribution is 0.0935. The lowest BCUT2D eigenvalue weighted by Gasteiger charge is -2.20. The normalized spacial score (nSPS) is 25.5. The Kier molecular flexibility index (Phi) is 3.97. The van der Waals surface area contributed by atoms with Crippen LogP contribution in [0, 0.1) is 0 Å². The van der Waals surface area contributed by atoms with Gasteiger partial charge in [0, 0.05) is 18.1 Å². The molecular formula is C16H16ClN3O2S. The summed E-state index contributed by atoms with van der Waals surface area (Å²) in [6.45, 7) is 0. The predicted molar refractivity (Wildman–Crippen MR) is 89.5 cm³/mol. The lowest BCUT2D eigenvalue weighted by atomic mass is 9.95. The van der Waals surface area contributed by atoms with Crippen LogP contribution in [0.25, 0.3) is 0 Å². The summed E-state index contributed by atoms with van der Waals surface area (Å²) in [5.74, 6) is 0.568. The monoisotopic (exact) mass is 349 g/mol. The van der Waals surface area contributed by atoms with E-state index in [-0.39, 0.29) is 11.9 Å². The van der Waals surface area contributed by atoms with Crippen LogP contribution in [-0.4, -0.2) is 29.0 Å². The van der Waals surface area contributed by atoms with Crippen LogP contribution in [0.4, 0.5) is 0 Å². The number of ether oxygens (including phenoxy) is 1. The molecule has 2 aliphatic heterocycles. The Morgan fingerprint density at radius 2 is 2.26 bits per heavy atom. The van der Waals surface area contributed by atoms with Crippen LogP contribution >= 0.6 is 22.9 Å². The van der Waals surface area contributed by atoms with E-state index in [9.17, 15) is 4.79 Å². The number of rotatable bonds is 4. The number of hydrogen-bond donors (Lipinski definition) is 2. The molecule has 3 atom stereocenters. The average Bonchev–Trinajstić information content (AvgIpc) is 3.26. The third kappa shape index (κ3) is 3.20. The van der Waals surface area contributed by atoms with Gasteiger partial charge in [-0.15, -0.1) is 0 Å². The lowest BCUT2D eigenvalue weighted by Crippen LogP contribution is -2.42. The minimum Gasteiger partial charge on any atom is -0.445 e. The number of aromatic nitrogens is 1. The number of carbonyl (C=O) groups is 1. The van der Waals surface area contributed by atoms with E-state index < -0.39 is 0 Å². The molecule has 23 heavy (non-hydrogen) atoms. The molecule has 2 aromatic rings. The number of halogens is 1. The number of fused-ring (bicyclic) bond motifs is 2. The van der Waals surface area contributed by atoms with Gasteiger partial charge in [-0.1, -0.05) is 22.9 Å². The van der Waals surface area contributed by atoms with Crippen LogP contribution < -0.4 is 15.4 Å². The SMILES string of the molecule is O=C(N[C@@H]1C[C@H]2CC[C@@H]1N2)c1ccc(Oc2ccc(Cl)nc2)s1. The van der Waals surface area contributed by atoms with Crippen molar-refractivity contribution in [2.45, 2.75) is 37.4 Å². The number of carbonyl (C=O) groups excluding carboxylic acids is 1. The second-order valence-electron chi connectivity index (χ2n) is 5.90. The summed E-state index contributed by atoms with van der Waals surface area (Å²) in [6.07, 6.45) is 4.96. The Bertz CT molecular complexity index is 718. The number of thiophene rings is 1. The van der Waals surface area contributed by atoms with E-state index in [1.807, 2.05) is 0 Å². The van der Waals surface area contributed by atoms with Gasteiger partial charge >= 0.3 is 0 Å². The van der Waals surface area contributed by atoms with E-state index in [0.29, 0.717) is 32.9 Å². The zero-order chi connectivity index (χ0) is 15.8. The van der Waals surface area contributed by atoms with Crippen LogP contribution in [0.5, 0.6) is 10.8 Å². The molecule has 4 heterocycles. The van der Waals surface area contributed by atoms with E-state index in [0.717, 1.165) is 12.8 Å². The van der Waals surface area contributed by atoms with Gasteiger partial charge in [0.05, 0.1) is 11.1 Å². The molecular weight excluding hydrogens is 334 g/mol.